The lowest BCUT2D eigenvalue weighted by Gasteiger charge is -2.41. The van der Waals surface area contributed by atoms with Crippen LogP contribution in [0.25, 0.3) is 0 Å². The van der Waals surface area contributed by atoms with Crippen molar-refractivity contribution in [2.45, 2.75) is 51.2 Å². The largest absolute Gasteiger partial charge is 0.383 e. The number of anilines is 1. The molecule has 1 saturated carbocycles. The molecule has 7 heteroatoms. The van der Waals surface area contributed by atoms with Crippen LogP contribution in [0.3, 0.4) is 0 Å². The molecule has 1 fully saturated rings. The molecule has 134 valence electrons. The molecule has 0 unspecified atom stereocenters. The minimum Gasteiger partial charge on any atom is -0.383 e. The number of alkyl halides is 2. The molecule has 25 heavy (non-hydrogen) atoms. The van der Waals surface area contributed by atoms with E-state index in [1.165, 1.54) is 0 Å². The van der Waals surface area contributed by atoms with E-state index in [9.17, 15) is 18.7 Å². The van der Waals surface area contributed by atoms with Crippen molar-refractivity contribution in [2.24, 2.45) is 0 Å². The Morgan fingerprint density at radius 3 is 2.64 bits per heavy atom. The van der Waals surface area contributed by atoms with E-state index in [0.717, 1.165) is 17.0 Å². The highest BCUT2D eigenvalue weighted by molar-refractivity contribution is 5.97. The van der Waals surface area contributed by atoms with E-state index in [1.807, 2.05) is 30.7 Å². The first-order valence-electron chi connectivity index (χ1n) is 8.23. The molecule has 0 atom stereocenters. The van der Waals surface area contributed by atoms with Gasteiger partial charge in [-0.15, -0.1) is 0 Å². The second kappa shape index (κ2) is 6.22. The number of amides is 1. The second-order valence-corrected chi connectivity index (χ2v) is 6.70. The van der Waals surface area contributed by atoms with Crippen molar-refractivity contribution in [3.8, 4) is 0 Å². The number of nitrogens with one attached hydrogen (secondary N) is 1. The number of aryl methyl sites for hydroxylation is 2. The summed E-state index contributed by atoms with van der Waals surface area (Å²) >= 11 is 0. The molecule has 1 amide bonds. The molecule has 3 rings (SSSR count). The third-order valence-corrected chi connectivity index (χ3v) is 4.67. The molecule has 1 aliphatic carbocycles. The van der Waals surface area contributed by atoms with E-state index >= 15 is 0 Å². The number of aliphatic hydroxyl groups is 1. The molecule has 1 heterocycles. The Bertz CT molecular complexity index is 797. The van der Waals surface area contributed by atoms with E-state index in [4.69, 9.17) is 0 Å². The molecule has 5 nitrogen and oxygen atoms in total. The van der Waals surface area contributed by atoms with Crippen LogP contribution in [0.5, 0.6) is 0 Å². The van der Waals surface area contributed by atoms with E-state index in [0.29, 0.717) is 13.0 Å². The Balaban J connectivity index is 1.73. The molecular formula is C18H21F2N3O2. The molecule has 1 aliphatic rings. The van der Waals surface area contributed by atoms with Gasteiger partial charge >= 0.3 is 5.92 Å². The lowest BCUT2D eigenvalue weighted by molar-refractivity contribution is -0.212. The van der Waals surface area contributed by atoms with Crippen LogP contribution in [0.2, 0.25) is 0 Å². The lowest BCUT2D eigenvalue weighted by Crippen LogP contribution is -2.59. The fourth-order valence-corrected chi connectivity index (χ4v) is 3.00. The van der Waals surface area contributed by atoms with Crippen LogP contribution in [0, 0.1) is 13.8 Å². The topological polar surface area (TPSA) is 67.2 Å². The maximum absolute atomic E-state index is 14.2. The van der Waals surface area contributed by atoms with Gasteiger partial charge in [0.1, 0.15) is 5.60 Å². The molecule has 0 bridgehead atoms. The average Bonchev–Trinajstić information content (AvgIpc) is 2.82. The van der Waals surface area contributed by atoms with Crippen molar-refractivity contribution in [2.75, 3.05) is 5.32 Å². The Hall–Kier alpha value is -2.28. The molecular weight excluding hydrogens is 328 g/mol. The van der Waals surface area contributed by atoms with Gasteiger partial charge in [-0.25, -0.2) is 0 Å². The number of rotatable bonds is 5. The predicted molar refractivity (Wildman–Crippen MR) is 89.6 cm³/mol. The van der Waals surface area contributed by atoms with E-state index < -0.39 is 17.4 Å². The Kier molecular flexibility index (Phi) is 4.36. The summed E-state index contributed by atoms with van der Waals surface area (Å²) in [5.74, 6) is -5.28. The highest BCUT2D eigenvalue weighted by atomic mass is 19.3. The van der Waals surface area contributed by atoms with Crippen LogP contribution >= 0.6 is 0 Å². The molecule has 2 N–H and O–H groups in total. The van der Waals surface area contributed by atoms with Gasteiger partial charge in [0.15, 0.2) is 0 Å². The summed E-state index contributed by atoms with van der Waals surface area (Å²) in [4.78, 5) is 12.0. The van der Waals surface area contributed by atoms with Crippen LogP contribution in [0.1, 0.15) is 36.2 Å². The van der Waals surface area contributed by atoms with Gasteiger partial charge in [0.05, 0.1) is 12.2 Å². The zero-order valence-corrected chi connectivity index (χ0v) is 14.2. The van der Waals surface area contributed by atoms with Crippen LogP contribution < -0.4 is 5.32 Å². The number of hydrogen-bond acceptors (Lipinski definition) is 3. The first kappa shape index (κ1) is 17.5. The van der Waals surface area contributed by atoms with Crippen LogP contribution in [0.4, 0.5) is 14.5 Å². The van der Waals surface area contributed by atoms with Crippen LogP contribution in [0.15, 0.2) is 30.3 Å². The number of aromatic nitrogens is 2. The van der Waals surface area contributed by atoms with Crippen molar-refractivity contribution >= 4 is 11.6 Å². The fraction of sp³-hybridized carbons (Fsp3) is 0.444. The van der Waals surface area contributed by atoms with Crippen molar-refractivity contribution in [3.63, 3.8) is 0 Å². The molecule has 0 spiro atoms. The maximum Gasteiger partial charge on any atom is 0.352 e. The van der Waals surface area contributed by atoms with Crippen molar-refractivity contribution < 1.29 is 18.7 Å². The Morgan fingerprint density at radius 1 is 1.36 bits per heavy atom. The van der Waals surface area contributed by atoms with Gasteiger partial charge in [-0.1, -0.05) is 12.1 Å². The number of carbonyl (C=O) groups is 1. The van der Waals surface area contributed by atoms with Crippen molar-refractivity contribution in [3.05, 3.63) is 47.3 Å². The average molecular weight is 349 g/mol. The quantitative estimate of drug-likeness (QED) is 0.872. The predicted octanol–water partition coefficient (Wildman–Crippen LogP) is 3.04. The van der Waals surface area contributed by atoms with Crippen LogP contribution in [-0.4, -0.2) is 32.3 Å². The molecule has 1 aromatic carbocycles. The summed E-state index contributed by atoms with van der Waals surface area (Å²) in [6.07, 6.45) is 0.369. The van der Waals surface area contributed by atoms with Gasteiger partial charge in [0, 0.05) is 11.4 Å². The summed E-state index contributed by atoms with van der Waals surface area (Å²) < 4.78 is 30.1. The summed E-state index contributed by atoms with van der Waals surface area (Å²) in [5.41, 5.74) is 0.764. The van der Waals surface area contributed by atoms with Gasteiger partial charge in [0.25, 0.3) is 5.91 Å². The number of halogens is 2. The van der Waals surface area contributed by atoms with E-state index in [-0.39, 0.29) is 18.5 Å². The standard InChI is InChI=1S/C18H21F2N3O2/c1-12-9-13(2)23(22-12)11-14-5-3-6-15(10-14)21-16(24)18(19,20)17(25)7-4-8-17/h3,5-6,9-10,25H,4,7-8,11H2,1-2H3,(H,21,24). The highest BCUT2D eigenvalue weighted by Crippen LogP contribution is 2.44. The molecule has 0 radical (unpaired) electrons. The summed E-state index contributed by atoms with van der Waals surface area (Å²) in [6.45, 7) is 4.31. The van der Waals surface area contributed by atoms with Crippen LogP contribution in [-0.2, 0) is 11.3 Å². The highest BCUT2D eigenvalue weighted by Gasteiger charge is 2.61. The van der Waals surface area contributed by atoms with Crippen molar-refractivity contribution in [1.82, 2.24) is 9.78 Å². The van der Waals surface area contributed by atoms with Gasteiger partial charge in [-0.2, -0.15) is 13.9 Å². The third kappa shape index (κ3) is 3.28. The lowest BCUT2D eigenvalue weighted by atomic mass is 9.75. The first-order chi connectivity index (χ1) is 11.7. The van der Waals surface area contributed by atoms with Gasteiger partial charge in [0.2, 0.25) is 0 Å². The first-order valence-corrected chi connectivity index (χ1v) is 8.23. The maximum atomic E-state index is 14.2. The summed E-state index contributed by atoms with van der Waals surface area (Å²) in [5, 5.41) is 16.4. The minimum absolute atomic E-state index is 0.0641. The van der Waals surface area contributed by atoms with E-state index in [1.54, 1.807) is 18.2 Å². The molecule has 2 aromatic rings. The normalized spacial score (nSPS) is 16.4. The third-order valence-electron chi connectivity index (χ3n) is 4.67. The smallest absolute Gasteiger partial charge is 0.352 e. The molecule has 1 aromatic heterocycles. The monoisotopic (exact) mass is 349 g/mol. The fourth-order valence-electron chi connectivity index (χ4n) is 3.00. The zero-order chi connectivity index (χ0) is 18.2. The SMILES string of the molecule is Cc1cc(C)n(Cc2cccc(NC(=O)C(F)(F)C3(O)CCC3)c2)n1. The molecule has 0 saturated heterocycles. The van der Waals surface area contributed by atoms with Gasteiger partial charge < -0.3 is 10.4 Å². The minimum atomic E-state index is -3.81. The van der Waals surface area contributed by atoms with E-state index in [2.05, 4.69) is 10.4 Å². The number of nitrogens with zero attached hydrogens (tertiary/aromatic N) is 2. The van der Waals surface area contributed by atoms with Gasteiger partial charge in [-0.3, -0.25) is 9.48 Å². The summed E-state index contributed by atoms with van der Waals surface area (Å²) in [7, 11) is 0. The second-order valence-electron chi connectivity index (χ2n) is 6.70. The summed E-state index contributed by atoms with van der Waals surface area (Å²) in [6, 6.07) is 8.65. The number of benzene rings is 1. The number of hydrogen-bond donors (Lipinski definition) is 2. The van der Waals surface area contributed by atoms with Gasteiger partial charge in [-0.05, 0) is 56.9 Å². The molecule has 0 aliphatic heterocycles. The van der Waals surface area contributed by atoms with Crippen molar-refractivity contribution in [1.29, 1.82) is 0 Å². The Labute approximate surface area is 144 Å². The number of carbonyl (C=O) groups excluding carboxylic acids is 1. The Morgan fingerprint density at radius 2 is 2.08 bits per heavy atom. The zero-order valence-electron chi connectivity index (χ0n) is 14.2.